The van der Waals surface area contributed by atoms with Crippen molar-refractivity contribution in [2.75, 3.05) is 14.2 Å². The van der Waals surface area contributed by atoms with E-state index in [4.69, 9.17) is 4.74 Å². The monoisotopic (exact) mass is 249 g/mol. The van der Waals surface area contributed by atoms with Gasteiger partial charge in [-0.15, -0.1) is 11.3 Å². The first-order valence-electron chi connectivity index (χ1n) is 5.33. The Hall–Kier alpha value is -1.46. The molecule has 0 aliphatic rings. The Balaban J connectivity index is 2.38. The van der Waals surface area contributed by atoms with Gasteiger partial charge in [-0.2, -0.15) is 0 Å². The number of hydrogen-bond donors (Lipinski definition) is 1. The molecule has 0 aliphatic heterocycles. The average molecular weight is 249 g/mol. The minimum atomic E-state index is 0.0816. The summed E-state index contributed by atoms with van der Waals surface area (Å²) in [5.41, 5.74) is 2.17. The molecular weight excluding hydrogens is 234 g/mol. The first-order chi connectivity index (χ1) is 8.26. The predicted molar refractivity (Wildman–Crippen MR) is 68.5 cm³/mol. The van der Waals surface area contributed by atoms with Crippen molar-refractivity contribution in [3.8, 4) is 5.88 Å². The van der Waals surface area contributed by atoms with Crippen LogP contribution in [0.25, 0.3) is 0 Å². The highest BCUT2D eigenvalue weighted by atomic mass is 32.1. The van der Waals surface area contributed by atoms with Crippen molar-refractivity contribution in [1.29, 1.82) is 0 Å². The van der Waals surface area contributed by atoms with Crippen LogP contribution in [0.1, 0.15) is 22.2 Å². The second-order valence-corrected chi connectivity index (χ2v) is 4.76. The van der Waals surface area contributed by atoms with Crippen LogP contribution in [0.2, 0.25) is 0 Å². The van der Waals surface area contributed by atoms with Crippen molar-refractivity contribution >= 4 is 11.3 Å². The summed E-state index contributed by atoms with van der Waals surface area (Å²) in [6, 6.07) is 4.06. The third-order valence-corrected chi connectivity index (χ3v) is 3.53. The maximum absolute atomic E-state index is 5.12. The molecule has 90 valence electrons. The van der Waals surface area contributed by atoms with Gasteiger partial charge < -0.3 is 10.1 Å². The maximum Gasteiger partial charge on any atom is 0.216 e. The summed E-state index contributed by atoms with van der Waals surface area (Å²) in [7, 11) is 3.53. The predicted octanol–water partition coefficient (Wildman–Crippen LogP) is 2.16. The van der Waals surface area contributed by atoms with Crippen molar-refractivity contribution < 1.29 is 4.74 Å². The first kappa shape index (κ1) is 12.0. The van der Waals surface area contributed by atoms with E-state index >= 15 is 0 Å². The van der Waals surface area contributed by atoms with Gasteiger partial charge in [-0.3, -0.25) is 0 Å². The number of nitrogens with one attached hydrogen (secondary N) is 1. The number of ether oxygens (including phenoxy) is 1. The third-order valence-electron chi connectivity index (χ3n) is 2.67. The number of aryl methyl sites for hydroxylation is 1. The molecule has 0 fully saturated rings. The Bertz CT molecular complexity index is 498. The van der Waals surface area contributed by atoms with Gasteiger partial charge in [0.1, 0.15) is 6.33 Å². The molecule has 0 amide bonds. The number of nitrogens with zero attached hydrogens (tertiary/aromatic N) is 2. The second kappa shape index (κ2) is 5.25. The Morgan fingerprint density at radius 2 is 2.24 bits per heavy atom. The second-order valence-electron chi connectivity index (χ2n) is 3.64. The van der Waals surface area contributed by atoms with Crippen molar-refractivity contribution in [1.82, 2.24) is 15.3 Å². The highest BCUT2D eigenvalue weighted by molar-refractivity contribution is 7.10. The lowest BCUT2D eigenvalue weighted by molar-refractivity contribution is 0.395. The van der Waals surface area contributed by atoms with Crippen LogP contribution in [0.3, 0.4) is 0 Å². The largest absolute Gasteiger partial charge is 0.481 e. The number of aromatic nitrogens is 2. The van der Waals surface area contributed by atoms with Crippen LogP contribution in [-0.4, -0.2) is 24.1 Å². The van der Waals surface area contributed by atoms with E-state index in [0.717, 1.165) is 5.69 Å². The summed E-state index contributed by atoms with van der Waals surface area (Å²) in [5.74, 6) is 0.586. The first-order valence-corrected chi connectivity index (χ1v) is 6.21. The Morgan fingerprint density at radius 1 is 1.41 bits per heavy atom. The van der Waals surface area contributed by atoms with Gasteiger partial charge in [0.25, 0.3) is 0 Å². The number of methoxy groups -OCH3 is 1. The summed E-state index contributed by atoms with van der Waals surface area (Å²) in [6.45, 7) is 2.11. The van der Waals surface area contributed by atoms with Crippen LogP contribution >= 0.6 is 11.3 Å². The van der Waals surface area contributed by atoms with Crippen LogP contribution in [0.4, 0.5) is 0 Å². The minimum Gasteiger partial charge on any atom is -0.481 e. The zero-order valence-corrected chi connectivity index (χ0v) is 10.9. The average Bonchev–Trinajstić information content (AvgIpc) is 2.77. The molecule has 0 aliphatic carbocycles. The van der Waals surface area contributed by atoms with Gasteiger partial charge in [-0.1, -0.05) is 0 Å². The fourth-order valence-corrected chi connectivity index (χ4v) is 2.52. The standard InChI is InChI=1S/C12H15N3OS/c1-8-9(4-5-17-8)12(13-2)10-6-11(16-3)15-7-14-10/h4-7,12-13H,1-3H3. The van der Waals surface area contributed by atoms with Crippen LogP contribution in [0, 0.1) is 6.92 Å². The van der Waals surface area contributed by atoms with Crippen LogP contribution in [0.5, 0.6) is 5.88 Å². The summed E-state index contributed by atoms with van der Waals surface area (Å²) < 4.78 is 5.12. The van der Waals surface area contributed by atoms with Gasteiger partial charge in [0.15, 0.2) is 0 Å². The minimum absolute atomic E-state index is 0.0816. The van der Waals surface area contributed by atoms with Crippen LogP contribution < -0.4 is 10.1 Å². The number of rotatable bonds is 4. The molecule has 0 radical (unpaired) electrons. The lowest BCUT2D eigenvalue weighted by Gasteiger charge is -2.15. The molecule has 17 heavy (non-hydrogen) atoms. The molecule has 1 N–H and O–H groups in total. The Morgan fingerprint density at radius 3 is 2.82 bits per heavy atom. The van der Waals surface area contributed by atoms with E-state index in [0.29, 0.717) is 5.88 Å². The van der Waals surface area contributed by atoms with Gasteiger partial charge >= 0.3 is 0 Å². The van der Waals surface area contributed by atoms with Crippen LogP contribution in [0.15, 0.2) is 23.8 Å². The maximum atomic E-state index is 5.12. The van der Waals surface area contributed by atoms with Gasteiger partial charge in [0.05, 0.1) is 18.8 Å². The van der Waals surface area contributed by atoms with E-state index in [2.05, 4.69) is 33.7 Å². The zero-order chi connectivity index (χ0) is 12.3. The molecule has 0 spiro atoms. The lowest BCUT2D eigenvalue weighted by atomic mass is 10.1. The van der Waals surface area contributed by atoms with Crippen molar-refractivity contribution in [3.05, 3.63) is 40.0 Å². The molecule has 0 saturated carbocycles. The SMILES string of the molecule is CNC(c1cc(OC)ncn1)c1ccsc1C. The molecule has 2 heterocycles. The number of thiophene rings is 1. The molecule has 4 nitrogen and oxygen atoms in total. The fourth-order valence-electron chi connectivity index (χ4n) is 1.78. The summed E-state index contributed by atoms with van der Waals surface area (Å²) in [5, 5.41) is 5.36. The van der Waals surface area contributed by atoms with E-state index < -0.39 is 0 Å². The van der Waals surface area contributed by atoms with E-state index in [1.807, 2.05) is 13.1 Å². The molecule has 0 bridgehead atoms. The van der Waals surface area contributed by atoms with E-state index in [9.17, 15) is 0 Å². The van der Waals surface area contributed by atoms with Crippen LogP contribution in [-0.2, 0) is 0 Å². The van der Waals surface area contributed by atoms with Crippen molar-refractivity contribution in [3.63, 3.8) is 0 Å². The molecule has 2 rings (SSSR count). The highest BCUT2D eigenvalue weighted by Gasteiger charge is 2.17. The molecule has 0 aromatic carbocycles. The molecule has 2 aromatic rings. The van der Waals surface area contributed by atoms with E-state index in [1.165, 1.54) is 16.8 Å². The Kier molecular flexibility index (Phi) is 3.71. The number of hydrogen-bond acceptors (Lipinski definition) is 5. The molecule has 5 heteroatoms. The Labute approximate surface area is 105 Å². The molecular formula is C12H15N3OS. The smallest absolute Gasteiger partial charge is 0.216 e. The molecule has 1 atom stereocenters. The van der Waals surface area contributed by atoms with Gasteiger partial charge in [-0.05, 0) is 31.0 Å². The van der Waals surface area contributed by atoms with Gasteiger partial charge in [0.2, 0.25) is 5.88 Å². The topological polar surface area (TPSA) is 47.0 Å². The normalized spacial score (nSPS) is 12.4. The summed E-state index contributed by atoms with van der Waals surface area (Å²) in [4.78, 5) is 9.62. The van der Waals surface area contributed by atoms with Gasteiger partial charge in [0, 0.05) is 10.9 Å². The third kappa shape index (κ3) is 2.45. The summed E-state index contributed by atoms with van der Waals surface area (Å²) >= 11 is 1.74. The van der Waals surface area contributed by atoms with Crippen molar-refractivity contribution in [2.45, 2.75) is 13.0 Å². The zero-order valence-electron chi connectivity index (χ0n) is 10.1. The highest BCUT2D eigenvalue weighted by Crippen LogP contribution is 2.27. The molecule has 1 unspecified atom stereocenters. The molecule has 0 saturated heterocycles. The lowest BCUT2D eigenvalue weighted by Crippen LogP contribution is -2.19. The van der Waals surface area contributed by atoms with Crippen molar-refractivity contribution in [2.24, 2.45) is 0 Å². The van der Waals surface area contributed by atoms with E-state index in [-0.39, 0.29) is 6.04 Å². The molecule has 2 aromatic heterocycles. The quantitative estimate of drug-likeness (QED) is 0.902. The van der Waals surface area contributed by atoms with E-state index in [1.54, 1.807) is 18.4 Å². The van der Waals surface area contributed by atoms with Gasteiger partial charge in [-0.25, -0.2) is 9.97 Å². The fraction of sp³-hybridized carbons (Fsp3) is 0.333. The summed E-state index contributed by atoms with van der Waals surface area (Å²) in [6.07, 6.45) is 1.53.